The van der Waals surface area contributed by atoms with Crippen molar-refractivity contribution in [3.63, 3.8) is 0 Å². The number of furan rings is 1. The minimum absolute atomic E-state index is 0.0638. The largest absolute Gasteiger partial charge is 0.478 e. The molecule has 0 amide bonds. The van der Waals surface area contributed by atoms with E-state index in [1.807, 2.05) is 12.1 Å². The van der Waals surface area contributed by atoms with Crippen LogP contribution in [0.5, 0.6) is 0 Å². The number of carboxylic acid groups (broad SMARTS) is 1. The molecule has 128 valence electrons. The Morgan fingerprint density at radius 3 is 2.92 bits per heavy atom. The van der Waals surface area contributed by atoms with Gasteiger partial charge in [-0.05, 0) is 55.6 Å². The molecule has 1 aromatic heterocycles. The summed E-state index contributed by atoms with van der Waals surface area (Å²) >= 11 is 5.90. The number of carbonyl (C=O) groups is 1. The maximum atomic E-state index is 11.2. The maximum absolute atomic E-state index is 11.2. The van der Waals surface area contributed by atoms with E-state index in [-0.39, 0.29) is 17.2 Å². The average Bonchev–Trinajstić information content (AvgIpc) is 3.03. The Morgan fingerprint density at radius 2 is 2.17 bits per heavy atom. The Kier molecular flexibility index (Phi) is 5.23. The van der Waals surface area contributed by atoms with E-state index in [1.165, 1.54) is 6.07 Å². The average molecular weight is 350 g/mol. The Hall–Kier alpha value is -1.82. The molecule has 1 fully saturated rings. The lowest BCUT2D eigenvalue weighted by molar-refractivity contribution is 0.0697. The van der Waals surface area contributed by atoms with E-state index in [0.29, 0.717) is 23.8 Å². The Labute approximate surface area is 145 Å². The van der Waals surface area contributed by atoms with Gasteiger partial charge in [-0.25, -0.2) is 4.79 Å². The molecule has 1 atom stereocenters. The third-order valence-electron chi connectivity index (χ3n) is 4.38. The van der Waals surface area contributed by atoms with Crippen LogP contribution in [0.2, 0.25) is 5.02 Å². The van der Waals surface area contributed by atoms with Crippen LogP contribution in [0.15, 0.2) is 34.7 Å². The number of hydrogen-bond acceptors (Lipinski definition) is 4. The van der Waals surface area contributed by atoms with E-state index in [4.69, 9.17) is 21.1 Å². The van der Waals surface area contributed by atoms with E-state index in [2.05, 4.69) is 4.90 Å². The maximum Gasteiger partial charge on any atom is 0.337 e. The number of aromatic carboxylic acids is 1. The van der Waals surface area contributed by atoms with Gasteiger partial charge < -0.3 is 14.6 Å². The number of carboxylic acids is 1. The van der Waals surface area contributed by atoms with Crippen LogP contribution >= 0.6 is 11.6 Å². The molecule has 6 heteroatoms. The number of aliphatic hydroxyl groups excluding tert-OH is 1. The number of hydrogen-bond donors (Lipinski definition) is 2. The summed E-state index contributed by atoms with van der Waals surface area (Å²) in [6, 6.07) is 8.60. The van der Waals surface area contributed by atoms with Crippen molar-refractivity contribution in [2.75, 3.05) is 19.7 Å². The van der Waals surface area contributed by atoms with Crippen LogP contribution in [-0.2, 0) is 6.54 Å². The number of aliphatic hydroxyl groups is 1. The molecular weight excluding hydrogens is 330 g/mol. The summed E-state index contributed by atoms with van der Waals surface area (Å²) in [7, 11) is 0. The summed E-state index contributed by atoms with van der Waals surface area (Å²) in [5.41, 5.74) is 0.754. The van der Waals surface area contributed by atoms with Crippen LogP contribution in [0.25, 0.3) is 11.3 Å². The van der Waals surface area contributed by atoms with Gasteiger partial charge in [0.2, 0.25) is 0 Å². The molecule has 1 aliphatic heterocycles. The Balaban J connectivity index is 1.74. The van der Waals surface area contributed by atoms with Gasteiger partial charge in [0.15, 0.2) is 0 Å². The molecule has 5 nitrogen and oxygen atoms in total. The summed E-state index contributed by atoms with van der Waals surface area (Å²) < 4.78 is 5.88. The van der Waals surface area contributed by atoms with Crippen molar-refractivity contribution in [3.8, 4) is 11.3 Å². The zero-order valence-electron chi connectivity index (χ0n) is 13.2. The van der Waals surface area contributed by atoms with E-state index in [0.717, 1.165) is 31.7 Å². The van der Waals surface area contributed by atoms with Crippen LogP contribution in [0, 0.1) is 5.92 Å². The fourth-order valence-electron chi connectivity index (χ4n) is 3.12. The Bertz CT molecular complexity index is 728. The van der Waals surface area contributed by atoms with Crippen molar-refractivity contribution in [1.29, 1.82) is 0 Å². The summed E-state index contributed by atoms with van der Waals surface area (Å²) in [6.45, 7) is 2.78. The molecule has 24 heavy (non-hydrogen) atoms. The first-order chi connectivity index (χ1) is 11.6. The summed E-state index contributed by atoms with van der Waals surface area (Å²) in [6.07, 6.45) is 2.15. The van der Waals surface area contributed by atoms with Gasteiger partial charge in [-0.2, -0.15) is 0 Å². The van der Waals surface area contributed by atoms with Gasteiger partial charge in [-0.15, -0.1) is 0 Å². The molecule has 1 unspecified atom stereocenters. The summed E-state index contributed by atoms with van der Waals surface area (Å²) in [4.78, 5) is 13.5. The molecule has 3 rings (SSSR count). The van der Waals surface area contributed by atoms with Crippen LogP contribution < -0.4 is 0 Å². The van der Waals surface area contributed by atoms with E-state index in [9.17, 15) is 9.90 Å². The van der Waals surface area contributed by atoms with Crippen molar-refractivity contribution in [2.24, 2.45) is 5.92 Å². The van der Waals surface area contributed by atoms with Gasteiger partial charge in [-0.1, -0.05) is 11.6 Å². The topological polar surface area (TPSA) is 73.9 Å². The van der Waals surface area contributed by atoms with Gasteiger partial charge in [0.05, 0.1) is 17.1 Å². The molecule has 1 aliphatic rings. The normalized spacial score (nSPS) is 18.7. The third kappa shape index (κ3) is 3.80. The monoisotopic (exact) mass is 349 g/mol. The third-order valence-corrected chi connectivity index (χ3v) is 4.71. The second-order valence-electron chi connectivity index (χ2n) is 6.19. The molecule has 2 N–H and O–H groups in total. The zero-order chi connectivity index (χ0) is 17.1. The predicted molar refractivity (Wildman–Crippen MR) is 91.2 cm³/mol. The highest BCUT2D eigenvalue weighted by Gasteiger charge is 2.20. The number of benzene rings is 1. The SMILES string of the molecule is O=C(O)c1cc(-c2ccc(CN3CCCC(CO)C3)o2)ccc1Cl. The molecule has 1 saturated heterocycles. The van der Waals surface area contributed by atoms with E-state index >= 15 is 0 Å². The number of rotatable bonds is 5. The van der Waals surface area contributed by atoms with Crippen molar-refractivity contribution in [3.05, 3.63) is 46.7 Å². The molecule has 0 spiro atoms. The first-order valence-corrected chi connectivity index (χ1v) is 8.39. The number of likely N-dealkylation sites (tertiary alicyclic amines) is 1. The molecular formula is C18H20ClNO4. The first kappa shape index (κ1) is 17.0. The fraction of sp³-hybridized carbons (Fsp3) is 0.389. The lowest BCUT2D eigenvalue weighted by atomic mass is 9.99. The second-order valence-corrected chi connectivity index (χ2v) is 6.60. The van der Waals surface area contributed by atoms with Gasteiger partial charge >= 0.3 is 5.97 Å². The minimum atomic E-state index is -1.06. The van der Waals surface area contributed by atoms with Crippen molar-refractivity contribution >= 4 is 17.6 Å². The standard InChI is InChI=1S/C18H20ClNO4/c19-16-5-3-13(8-15(16)18(22)23)17-6-4-14(24-17)10-20-7-1-2-12(9-20)11-21/h3-6,8,12,21H,1-2,7,9-11H2,(H,22,23). The van der Waals surface area contributed by atoms with Crippen molar-refractivity contribution in [1.82, 2.24) is 4.90 Å². The van der Waals surface area contributed by atoms with Gasteiger partial charge in [0, 0.05) is 18.7 Å². The lowest BCUT2D eigenvalue weighted by Crippen LogP contribution is -2.36. The zero-order valence-corrected chi connectivity index (χ0v) is 14.0. The summed E-state index contributed by atoms with van der Waals surface area (Å²) in [5.74, 6) is 0.731. The number of halogens is 1. The highest BCUT2D eigenvalue weighted by molar-refractivity contribution is 6.33. The van der Waals surface area contributed by atoms with Crippen LogP contribution in [0.3, 0.4) is 0 Å². The smallest absolute Gasteiger partial charge is 0.337 e. The van der Waals surface area contributed by atoms with Crippen LogP contribution in [-0.4, -0.2) is 40.8 Å². The van der Waals surface area contributed by atoms with Crippen molar-refractivity contribution in [2.45, 2.75) is 19.4 Å². The van der Waals surface area contributed by atoms with Crippen LogP contribution in [0.4, 0.5) is 0 Å². The molecule has 0 saturated carbocycles. The van der Waals surface area contributed by atoms with Crippen molar-refractivity contribution < 1.29 is 19.4 Å². The molecule has 2 heterocycles. The van der Waals surface area contributed by atoms with E-state index in [1.54, 1.807) is 12.1 Å². The van der Waals surface area contributed by atoms with Gasteiger partial charge in [-0.3, -0.25) is 4.90 Å². The lowest BCUT2D eigenvalue weighted by Gasteiger charge is -2.30. The highest BCUT2D eigenvalue weighted by Crippen LogP contribution is 2.28. The fourth-order valence-corrected chi connectivity index (χ4v) is 3.32. The summed E-state index contributed by atoms with van der Waals surface area (Å²) in [5, 5.41) is 18.7. The molecule has 0 aliphatic carbocycles. The van der Waals surface area contributed by atoms with E-state index < -0.39 is 5.97 Å². The first-order valence-electron chi connectivity index (χ1n) is 8.02. The predicted octanol–water partition coefficient (Wildman–Crippen LogP) is 3.50. The quantitative estimate of drug-likeness (QED) is 0.864. The number of nitrogens with zero attached hydrogens (tertiary/aromatic N) is 1. The highest BCUT2D eigenvalue weighted by atomic mass is 35.5. The Morgan fingerprint density at radius 1 is 1.33 bits per heavy atom. The van der Waals surface area contributed by atoms with Gasteiger partial charge in [0.25, 0.3) is 0 Å². The molecule has 0 bridgehead atoms. The number of piperidine rings is 1. The van der Waals surface area contributed by atoms with Crippen LogP contribution in [0.1, 0.15) is 29.0 Å². The molecule has 0 radical (unpaired) electrons. The minimum Gasteiger partial charge on any atom is -0.478 e. The second kappa shape index (κ2) is 7.38. The van der Waals surface area contributed by atoms with Gasteiger partial charge in [0.1, 0.15) is 11.5 Å². The molecule has 2 aromatic rings. The molecule has 1 aromatic carbocycles.